The molecule has 0 aliphatic heterocycles. The lowest BCUT2D eigenvalue weighted by atomic mass is 9.89. The molecule has 0 aliphatic carbocycles. The molecule has 0 aromatic heterocycles. The van der Waals surface area contributed by atoms with Gasteiger partial charge in [-0.05, 0) is 26.7 Å². The molecule has 0 aromatic rings. The van der Waals surface area contributed by atoms with Gasteiger partial charge >= 0.3 is 12.1 Å². The molecule has 0 bridgehead atoms. The number of nitrogens with one attached hydrogen (secondary N) is 1. The Morgan fingerprint density at radius 2 is 1.72 bits per heavy atom. The number of rotatable bonds is 7. The predicted octanol–water partition coefficient (Wildman–Crippen LogP) is 2.34. The van der Waals surface area contributed by atoms with Crippen molar-refractivity contribution in [1.82, 2.24) is 5.32 Å². The quantitative estimate of drug-likeness (QED) is 0.697. The average Bonchev–Trinajstić information content (AvgIpc) is 2.14. The molecule has 0 saturated carbocycles. The molecule has 0 unspecified atom stereocenters. The van der Waals surface area contributed by atoms with Crippen LogP contribution in [0.1, 0.15) is 39.5 Å². The van der Waals surface area contributed by atoms with Gasteiger partial charge in [0.15, 0.2) is 0 Å². The molecule has 0 radical (unpaired) electrons. The van der Waals surface area contributed by atoms with Crippen LogP contribution in [0.3, 0.4) is 0 Å². The average molecular weight is 269 g/mol. The van der Waals surface area contributed by atoms with Gasteiger partial charge in [-0.25, -0.2) is 0 Å². The van der Waals surface area contributed by atoms with Crippen LogP contribution in [0.2, 0.25) is 0 Å². The summed E-state index contributed by atoms with van der Waals surface area (Å²) in [4.78, 5) is 22.1. The van der Waals surface area contributed by atoms with Crippen molar-refractivity contribution in [1.29, 1.82) is 0 Å². The number of carbonyl (C=O) groups excluding carboxylic acids is 1. The SMILES string of the molecule is CC(C)(CC(=O)NCCCCC(F)(F)F)C(=O)O. The Bertz CT molecular complexity index is 300. The van der Waals surface area contributed by atoms with E-state index in [9.17, 15) is 22.8 Å². The minimum Gasteiger partial charge on any atom is -0.481 e. The Balaban J connectivity index is 3.76. The second-order valence-electron chi connectivity index (χ2n) is 4.79. The van der Waals surface area contributed by atoms with Crippen molar-refractivity contribution < 1.29 is 27.9 Å². The maximum atomic E-state index is 11.8. The standard InChI is InChI=1S/C11H18F3NO3/c1-10(2,9(17)18)7-8(16)15-6-4-3-5-11(12,13)14/h3-7H2,1-2H3,(H,15,16)(H,17,18). The summed E-state index contributed by atoms with van der Waals surface area (Å²) < 4.78 is 35.4. The van der Waals surface area contributed by atoms with Crippen LogP contribution < -0.4 is 5.32 Å². The largest absolute Gasteiger partial charge is 0.481 e. The number of unbranched alkanes of at least 4 members (excludes halogenated alkanes) is 1. The van der Waals surface area contributed by atoms with Gasteiger partial charge in [-0.15, -0.1) is 0 Å². The highest BCUT2D eigenvalue weighted by molar-refractivity contribution is 5.84. The maximum absolute atomic E-state index is 11.8. The Labute approximate surface area is 104 Å². The van der Waals surface area contributed by atoms with E-state index in [1.165, 1.54) is 13.8 Å². The molecule has 0 rings (SSSR count). The molecule has 0 atom stereocenters. The lowest BCUT2D eigenvalue weighted by Crippen LogP contribution is -2.33. The number of carboxylic acid groups (broad SMARTS) is 1. The van der Waals surface area contributed by atoms with Gasteiger partial charge in [0.05, 0.1) is 5.41 Å². The van der Waals surface area contributed by atoms with Gasteiger partial charge in [0.1, 0.15) is 0 Å². The van der Waals surface area contributed by atoms with E-state index in [4.69, 9.17) is 5.11 Å². The molecule has 1 amide bonds. The van der Waals surface area contributed by atoms with E-state index in [0.29, 0.717) is 0 Å². The summed E-state index contributed by atoms with van der Waals surface area (Å²) in [6.45, 7) is 2.96. The van der Waals surface area contributed by atoms with Crippen LogP contribution in [0.4, 0.5) is 13.2 Å². The van der Waals surface area contributed by atoms with Crippen LogP contribution in [0.25, 0.3) is 0 Å². The molecule has 18 heavy (non-hydrogen) atoms. The van der Waals surface area contributed by atoms with Gasteiger partial charge in [-0.1, -0.05) is 0 Å². The third kappa shape index (κ3) is 7.92. The summed E-state index contributed by atoms with van der Waals surface area (Å²) in [6.07, 6.45) is -5.06. The van der Waals surface area contributed by atoms with Crippen LogP contribution in [-0.4, -0.2) is 29.7 Å². The fourth-order valence-electron chi connectivity index (χ4n) is 1.22. The van der Waals surface area contributed by atoms with Gasteiger partial charge in [-0.3, -0.25) is 9.59 Å². The number of alkyl halides is 3. The van der Waals surface area contributed by atoms with E-state index in [1.54, 1.807) is 0 Å². The minimum atomic E-state index is -4.17. The number of carboxylic acids is 1. The Hall–Kier alpha value is -1.27. The van der Waals surface area contributed by atoms with Gasteiger partial charge in [0.2, 0.25) is 5.91 Å². The van der Waals surface area contributed by atoms with Crippen LogP contribution in [0.5, 0.6) is 0 Å². The van der Waals surface area contributed by atoms with Gasteiger partial charge in [-0.2, -0.15) is 13.2 Å². The second kappa shape index (κ2) is 6.61. The van der Waals surface area contributed by atoms with Gasteiger partial charge in [0, 0.05) is 19.4 Å². The van der Waals surface area contributed by atoms with E-state index < -0.39 is 29.9 Å². The fourth-order valence-corrected chi connectivity index (χ4v) is 1.22. The van der Waals surface area contributed by atoms with Crippen molar-refractivity contribution in [2.24, 2.45) is 5.41 Å². The predicted molar refractivity (Wildman–Crippen MR) is 58.9 cm³/mol. The topological polar surface area (TPSA) is 66.4 Å². The third-order valence-electron chi connectivity index (χ3n) is 2.39. The number of halogens is 3. The van der Waals surface area contributed by atoms with Gasteiger partial charge < -0.3 is 10.4 Å². The first-order valence-electron chi connectivity index (χ1n) is 5.61. The lowest BCUT2D eigenvalue weighted by molar-refractivity contribution is -0.149. The molecule has 4 nitrogen and oxygen atoms in total. The zero-order valence-electron chi connectivity index (χ0n) is 10.4. The molecular formula is C11H18F3NO3. The van der Waals surface area contributed by atoms with Crippen molar-refractivity contribution >= 4 is 11.9 Å². The minimum absolute atomic E-state index is 0.0495. The van der Waals surface area contributed by atoms with Crippen molar-refractivity contribution in [3.05, 3.63) is 0 Å². The summed E-state index contributed by atoms with van der Waals surface area (Å²) in [6, 6.07) is 0. The number of aliphatic carboxylic acids is 1. The van der Waals surface area contributed by atoms with Crippen molar-refractivity contribution in [2.45, 2.75) is 45.7 Å². The summed E-state index contributed by atoms with van der Waals surface area (Å²) in [5, 5.41) is 11.2. The van der Waals surface area contributed by atoms with E-state index in [0.717, 1.165) is 0 Å². The van der Waals surface area contributed by atoms with Gasteiger partial charge in [0.25, 0.3) is 0 Å². The number of carbonyl (C=O) groups is 2. The first-order valence-corrected chi connectivity index (χ1v) is 5.61. The lowest BCUT2D eigenvalue weighted by Gasteiger charge is -2.18. The highest BCUT2D eigenvalue weighted by Crippen LogP contribution is 2.22. The molecule has 0 fully saturated rings. The molecule has 0 aromatic carbocycles. The molecule has 7 heteroatoms. The maximum Gasteiger partial charge on any atom is 0.389 e. The molecule has 106 valence electrons. The molecule has 0 spiro atoms. The molecule has 0 heterocycles. The van der Waals surface area contributed by atoms with Crippen LogP contribution >= 0.6 is 0 Å². The van der Waals surface area contributed by atoms with E-state index in [1.807, 2.05) is 0 Å². The summed E-state index contributed by atoms with van der Waals surface area (Å²) in [5.74, 6) is -1.55. The normalized spacial score (nSPS) is 12.3. The highest BCUT2D eigenvalue weighted by Gasteiger charge is 2.30. The van der Waals surface area contributed by atoms with E-state index in [-0.39, 0.29) is 25.8 Å². The number of hydrogen-bond donors (Lipinski definition) is 2. The Morgan fingerprint density at radius 1 is 1.17 bits per heavy atom. The van der Waals surface area contributed by atoms with Crippen LogP contribution in [0.15, 0.2) is 0 Å². The third-order valence-corrected chi connectivity index (χ3v) is 2.39. The van der Waals surface area contributed by atoms with Crippen LogP contribution in [0, 0.1) is 5.41 Å². The highest BCUT2D eigenvalue weighted by atomic mass is 19.4. The number of amides is 1. The zero-order valence-corrected chi connectivity index (χ0v) is 10.4. The first-order chi connectivity index (χ1) is 8.04. The monoisotopic (exact) mass is 269 g/mol. The molecular weight excluding hydrogens is 251 g/mol. The Morgan fingerprint density at radius 3 is 2.17 bits per heavy atom. The summed E-state index contributed by atoms with van der Waals surface area (Å²) >= 11 is 0. The van der Waals surface area contributed by atoms with Crippen molar-refractivity contribution in [2.75, 3.05) is 6.54 Å². The van der Waals surface area contributed by atoms with Crippen molar-refractivity contribution in [3.8, 4) is 0 Å². The summed E-state index contributed by atoms with van der Waals surface area (Å²) in [7, 11) is 0. The smallest absolute Gasteiger partial charge is 0.389 e. The van der Waals surface area contributed by atoms with Crippen molar-refractivity contribution in [3.63, 3.8) is 0 Å². The second-order valence-corrected chi connectivity index (χ2v) is 4.79. The number of hydrogen-bond acceptors (Lipinski definition) is 2. The van der Waals surface area contributed by atoms with E-state index in [2.05, 4.69) is 5.32 Å². The molecule has 0 aliphatic rings. The first kappa shape index (κ1) is 16.7. The molecule has 0 saturated heterocycles. The Kier molecular flexibility index (Phi) is 6.14. The zero-order chi connectivity index (χ0) is 14.4. The molecule has 2 N–H and O–H groups in total. The van der Waals surface area contributed by atoms with Crippen LogP contribution in [-0.2, 0) is 9.59 Å². The fraction of sp³-hybridized carbons (Fsp3) is 0.818. The van der Waals surface area contributed by atoms with E-state index >= 15 is 0 Å². The summed E-state index contributed by atoms with van der Waals surface area (Å²) in [5.41, 5.74) is -1.17.